The van der Waals surface area contributed by atoms with E-state index in [9.17, 15) is 9.59 Å². The van der Waals surface area contributed by atoms with Gasteiger partial charge in [0, 0.05) is 36.0 Å². The maximum absolute atomic E-state index is 12.6. The van der Waals surface area contributed by atoms with Crippen molar-refractivity contribution >= 4 is 33.4 Å². The molecule has 1 aromatic heterocycles. The van der Waals surface area contributed by atoms with Crippen LogP contribution in [0.25, 0.3) is 0 Å². The molecule has 0 aliphatic carbocycles. The number of amides is 2. The normalized spacial score (nSPS) is 10.2. The number of aromatic nitrogens is 1. The predicted octanol–water partition coefficient (Wildman–Crippen LogP) is 2.79. The molecule has 2 amide bonds. The van der Waals surface area contributed by atoms with Crippen LogP contribution >= 0.6 is 15.9 Å². The van der Waals surface area contributed by atoms with Gasteiger partial charge in [0.15, 0.2) is 0 Å². The van der Waals surface area contributed by atoms with Gasteiger partial charge in [-0.1, -0.05) is 15.9 Å². The molecule has 0 atom stereocenters. The number of carbonyl (C=O) groups excluding carboxylic acids is 2. The van der Waals surface area contributed by atoms with Crippen LogP contribution in [0.4, 0.5) is 5.69 Å². The van der Waals surface area contributed by atoms with E-state index < -0.39 is 0 Å². The molecule has 2 aromatic rings. The smallest absolute Gasteiger partial charge is 0.269 e. The Hall–Kier alpha value is -2.21. The molecule has 5 nitrogen and oxygen atoms in total. The van der Waals surface area contributed by atoms with Gasteiger partial charge < -0.3 is 10.2 Å². The third kappa shape index (κ3) is 3.33. The van der Waals surface area contributed by atoms with E-state index in [4.69, 9.17) is 0 Å². The van der Waals surface area contributed by atoms with Gasteiger partial charge in [-0.25, -0.2) is 0 Å². The molecule has 0 aliphatic rings. The first-order valence-corrected chi connectivity index (χ1v) is 7.45. The SMILES string of the molecule is CNC(=O)c1cc(C(=O)N(C)c2ccc(Br)cc2C)ccn1. The van der Waals surface area contributed by atoms with Crippen molar-refractivity contribution < 1.29 is 9.59 Å². The van der Waals surface area contributed by atoms with Crippen LogP contribution in [0.3, 0.4) is 0 Å². The Morgan fingerprint density at radius 1 is 1.23 bits per heavy atom. The Morgan fingerprint density at radius 2 is 1.95 bits per heavy atom. The minimum atomic E-state index is -0.322. The maximum atomic E-state index is 12.6. The Balaban J connectivity index is 2.33. The Labute approximate surface area is 137 Å². The summed E-state index contributed by atoms with van der Waals surface area (Å²) in [6.07, 6.45) is 1.46. The highest BCUT2D eigenvalue weighted by molar-refractivity contribution is 9.10. The standard InChI is InChI=1S/C16H16BrN3O2/c1-10-8-12(17)4-5-14(10)20(3)16(22)11-6-7-19-13(9-11)15(21)18-2/h4-9H,1-3H3,(H,18,21). The number of halogens is 1. The summed E-state index contributed by atoms with van der Waals surface area (Å²) < 4.78 is 0.959. The molecule has 1 aromatic carbocycles. The van der Waals surface area contributed by atoms with Crippen LogP contribution in [0.1, 0.15) is 26.4 Å². The van der Waals surface area contributed by atoms with E-state index in [0.717, 1.165) is 15.7 Å². The summed E-state index contributed by atoms with van der Waals surface area (Å²) in [5, 5.41) is 2.49. The first-order chi connectivity index (χ1) is 10.4. The zero-order valence-corrected chi connectivity index (χ0v) is 14.1. The Morgan fingerprint density at radius 3 is 2.59 bits per heavy atom. The van der Waals surface area contributed by atoms with Gasteiger partial charge in [-0.15, -0.1) is 0 Å². The third-order valence-electron chi connectivity index (χ3n) is 3.29. The number of benzene rings is 1. The molecule has 114 valence electrons. The summed E-state index contributed by atoms with van der Waals surface area (Å²) in [5.41, 5.74) is 2.42. The first kappa shape index (κ1) is 16.2. The number of nitrogens with zero attached hydrogens (tertiary/aromatic N) is 2. The highest BCUT2D eigenvalue weighted by atomic mass is 79.9. The number of rotatable bonds is 3. The van der Waals surface area contributed by atoms with Crippen molar-refractivity contribution in [2.75, 3.05) is 19.0 Å². The van der Waals surface area contributed by atoms with Gasteiger partial charge in [0.25, 0.3) is 11.8 Å². The van der Waals surface area contributed by atoms with E-state index in [-0.39, 0.29) is 17.5 Å². The number of aryl methyl sites for hydroxylation is 1. The molecule has 0 aliphatic heterocycles. The molecule has 0 radical (unpaired) electrons. The number of hydrogen-bond acceptors (Lipinski definition) is 3. The molecule has 0 saturated heterocycles. The lowest BCUT2D eigenvalue weighted by molar-refractivity contribution is 0.0958. The van der Waals surface area contributed by atoms with Crippen molar-refractivity contribution in [2.45, 2.75) is 6.92 Å². The highest BCUT2D eigenvalue weighted by Crippen LogP contribution is 2.24. The molecule has 0 unspecified atom stereocenters. The second-order valence-corrected chi connectivity index (χ2v) is 5.72. The van der Waals surface area contributed by atoms with Crippen LogP contribution in [0, 0.1) is 6.92 Å². The average Bonchev–Trinajstić information content (AvgIpc) is 2.53. The minimum Gasteiger partial charge on any atom is -0.354 e. The highest BCUT2D eigenvalue weighted by Gasteiger charge is 2.17. The molecule has 6 heteroatoms. The fraction of sp³-hybridized carbons (Fsp3) is 0.188. The molecule has 1 heterocycles. The lowest BCUT2D eigenvalue weighted by atomic mass is 10.1. The predicted molar refractivity (Wildman–Crippen MR) is 89.2 cm³/mol. The van der Waals surface area contributed by atoms with E-state index in [1.165, 1.54) is 19.3 Å². The number of anilines is 1. The first-order valence-electron chi connectivity index (χ1n) is 6.66. The van der Waals surface area contributed by atoms with Gasteiger partial charge in [-0.05, 0) is 42.8 Å². The van der Waals surface area contributed by atoms with E-state index in [0.29, 0.717) is 5.56 Å². The lowest BCUT2D eigenvalue weighted by Gasteiger charge is -2.20. The zero-order chi connectivity index (χ0) is 16.3. The van der Waals surface area contributed by atoms with Crippen LogP contribution in [0.2, 0.25) is 0 Å². The second kappa shape index (κ2) is 6.70. The summed E-state index contributed by atoms with van der Waals surface area (Å²) in [5.74, 6) is -0.518. The summed E-state index contributed by atoms with van der Waals surface area (Å²) >= 11 is 3.40. The Kier molecular flexibility index (Phi) is 4.92. The fourth-order valence-electron chi connectivity index (χ4n) is 2.11. The molecule has 0 spiro atoms. The number of carbonyl (C=O) groups is 2. The zero-order valence-electron chi connectivity index (χ0n) is 12.6. The van der Waals surface area contributed by atoms with E-state index in [2.05, 4.69) is 26.2 Å². The van der Waals surface area contributed by atoms with Crippen molar-refractivity contribution in [1.29, 1.82) is 0 Å². The molecule has 0 bridgehead atoms. The van der Waals surface area contributed by atoms with Gasteiger partial charge in [0.1, 0.15) is 5.69 Å². The number of hydrogen-bond donors (Lipinski definition) is 1. The largest absolute Gasteiger partial charge is 0.354 e. The fourth-order valence-corrected chi connectivity index (χ4v) is 2.59. The van der Waals surface area contributed by atoms with Crippen LogP contribution in [0.5, 0.6) is 0 Å². The Bertz CT molecular complexity index is 731. The minimum absolute atomic E-state index is 0.196. The number of pyridine rings is 1. The van der Waals surface area contributed by atoms with Crippen LogP contribution < -0.4 is 10.2 Å². The average molecular weight is 362 g/mol. The second-order valence-electron chi connectivity index (χ2n) is 4.80. The van der Waals surface area contributed by atoms with Crippen LogP contribution in [-0.2, 0) is 0 Å². The third-order valence-corrected chi connectivity index (χ3v) is 3.78. The van der Waals surface area contributed by atoms with E-state index in [1.54, 1.807) is 18.0 Å². The van der Waals surface area contributed by atoms with E-state index in [1.807, 2.05) is 25.1 Å². The van der Waals surface area contributed by atoms with Crippen molar-refractivity contribution in [3.05, 3.63) is 57.8 Å². The van der Waals surface area contributed by atoms with Gasteiger partial charge in [0.2, 0.25) is 0 Å². The van der Waals surface area contributed by atoms with Crippen LogP contribution in [-0.4, -0.2) is 30.9 Å². The molecular weight excluding hydrogens is 346 g/mol. The maximum Gasteiger partial charge on any atom is 0.269 e. The summed E-state index contributed by atoms with van der Waals surface area (Å²) in [6.45, 7) is 1.94. The summed E-state index contributed by atoms with van der Waals surface area (Å²) in [7, 11) is 3.23. The molecular formula is C16H16BrN3O2. The van der Waals surface area contributed by atoms with Crippen molar-refractivity contribution in [1.82, 2.24) is 10.3 Å². The molecule has 0 saturated carbocycles. The molecule has 22 heavy (non-hydrogen) atoms. The van der Waals surface area contributed by atoms with Gasteiger partial charge >= 0.3 is 0 Å². The lowest BCUT2D eigenvalue weighted by Crippen LogP contribution is -2.27. The molecule has 2 rings (SSSR count). The van der Waals surface area contributed by atoms with Crippen molar-refractivity contribution in [3.63, 3.8) is 0 Å². The molecule has 0 fully saturated rings. The monoisotopic (exact) mass is 361 g/mol. The van der Waals surface area contributed by atoms with Gasteiger partial charge in [0.05, 0.1) is 0 Å². The summed E-state index contributed by atoms with van der Waals surface area (Å²) in [4.78, 5) is 29.7. The quantitative estimate of drug-likeness (QED) is 0.913. The number of nitrogens with one attached hydrogen (secondary N) is 1. The van der Waals surface area contributed by atoms with Gasteiger partial charge in [-0.3, -0.25) is 14.6 Å². The van der Waals surface area contributed by atoms with E-state index >= 15 is 0 Å². The summed E-state index contributed by atoms with van der Waals surface area (Å²) in [6, 6.07) is 8.79. The van der Waals surface area contributed by atoms with Crippen molar-refractivity contribution in [2.24, 2.45) is 0 Å². The van der Waals surface area contributed by atoms with Crippen LogP contribution in [0.15, 0.2) is 41.0 Å². The molecule has 1 N–H and O–H groups in total. The van der Waals surface area contributed by atoms with Gasteiger partial charge in [-0.2, -0.15) is 0 Å². The van der Waals surface area contributed by atoms with Crippen molar-refractivity contribution in [3.8, 4) is 0 Å². The topological polar surface area (TPSA) is 62.3 Å².